The van der Waals surface area contributed by atoms with Gasteiger partial charge in [-0.3, -0.25) is 5.10 Å². The summed E-state index contributed by atoms with van der Waals surface area (Å²) >= 11 is 4.79. The van der Waals surface area contributed by atoms with Crippen molar-refractivity contribution in [2.45, 2.75) is 13.5 Å². The molecule has 0 aliphatic heterocycles. The van der Waals surface area contributed by atoms with E-state index >= 15 is 0 Å². The molecule has 0 fully saturated rings. The molecular weight excluding hydrogens is 289 g/mol. The van der Waals surface area contributed by atoms with Crippen molar-refractivity contribution in [3.8, 4) is 11.4 Å². The predicted molar refractivity (Wildman–Crippen MR) is 58.3 cm³/mol. The molecule has 0 bridgehead atoms. The molecule has 19 heavy (non-hydrogen) atoms. The lowest BCUT2D eigenvalue weighted by Crippen LogP contribution is -2.08. The summed E-state index contributed by atoms with van der Waals surface area (Å²) in [6, 6.07) is 0. The molecular formula is C10H6F5N3S. The summed E-state index contributed by atoms with van der Waals surface area (Å²) in [5, 5.41) is 5.74. The number of aromatic amines is 1. The normalized spacial score (nSPS) is 11.1. The van der Waals surface area contributed by atoms with Crippen LogP contribution in [0.15, 0.2) is 0 Å². The molecule has 0 atom stereocenters. The van der Waals surface area contributed by atoms with Crippen molar-refractivity contribution < 1.29 is 22.0 Å². The lowest BCUT2D eigenvalue weighted by molar-refractivity contribution is 0.380. The van der Waals surface area contributed by atoms with E-state index in [4.69, 9.17) is 12.2 Å². The SMILES string of the molecule is CCn1c(-c2c(F)c(F)c(F)c(F)c2F)n[nH]c1=S. The molecule has 0 spiro atoms. The molecule has 2 rings (SSSR count). The number of nitrogens with zero attached hydrogens (tertiary/aromatic N) is 2. The zero-order valence-electron chi connectivity index (χ0n) is 9.40. The average molecular weight is 295 g/mol. The second kappa shape index (κ2) is 4.72. The Balaban J connectivity index is 2.87. The molecule has 1 heterocycles. The first-order chi connectivity index (χ1) is 8.90. The maximum absolute atomic E-state index is 13.6. The quantitative estimate of drug-likeness (QED) is 0.399. The fourth-order valence-electron chi connectivity index (χ4n) is 1.60. The van der Waals surface area contributed by atoms with Gasteiger partial charge < -0.3 is 4.57 Å². The summed E-state index contributed by atoms with van der Waals surface area (Å²) in [6.07, 6.45) is 0. The first-order valence-electron chi connectivity index (χ1n) is 5.07. The zero-order chi connectivity index (χ0) is 14.3. The third-order valence-corrected chi connectivity index (χ3v) is 2.82. The van der Waals surface area contributed by atoms with E-state index < -0.39 is 40.5 Å². The molecule has 1 aromatic heterocycles. The van der Waals surface area contributed by atoms with Gasteiger partial charge in [-0.05, 0) is 19.1 Å². The Labute approximate surface area is 108 Å². The van der Waals surface area contributed by atoms with Gasteiger partial charge in [0.15, 0.2) is 33.9 Å². The summed E-state index contributed by atoms with van der Waals surface area (Å²) in [6.45, 7) is 1.74. The maximum atomic E-state index is 13.6. The number of hydrogen-bond acceptors (Lipinski definition) is 2. The van der Waals surface area contributed by atoms with Gasteiger partial charge in [-0.25, -0.2) is 22.0 Å². The van der Waals surface area contributed by atoms with Crippen molar-refractivity contribution >= 4 is 12.2 Å². The second-order valence-corrected chi connectivity index (χ2v) is 3.93. The molecule has 1 aromatic carbocycles. The molecule has 0 saturated carbocycles. The van der Waals surface area contributed by atoms with Gasteiger partial charge in [0.2, 0.25) is 5.82 Å². The summed E-state index contributed by atoms with van der Waals surface area (Å²) < 4.78 is 67.4. The number of aromatic nitrogens is 3. The Hall–Kier alpha value is -1.77. The van der Waals surface area contributed by atoms with E-state index in [1.54, 1.807) is 6.92 Å². The molecule has 0 aliphatic carbocycles. The summed E-state index contributed by atoms with van der Waals surface area (Å²) in [5.74, 6) is -10.6. The molecule has 0 aliphatic rings. The highest BCUT2D eigenvalue weighted by Gasteiger charge is 2.29. The number of H-pyrrole nitrogens is 1. The average Bonchev–Trinajstić information content (AvgIpc) is 2.75. The predicted octanol–water partition coefficient (Wildman–Crippen LogP) is 3.32. The maximum Gasteiger partial charge on any atom is 0.200 e. The van der Waals surface area contributed by atoms with Crippen molar-refractivity contribution in [3.63, 3.8) is 0 Å². The van der Waals surface area contributed by atoms with E-state index in [-0.39, 0.29) is 11.3 Å². The molecule has 0 radical (unpaired) electrons. The highest BCUT2D eigenvalue weighted by molar-refractivity contribution is 7.71. The van der Waals surface area contributed by atoms with Gasteiger partial charge in [-0.2, -0.15) is 5.10 Å². The zero-order valence-corrected chi connectivity index (χ0v) is 10.2. The van der Waals surface area contributed by atoms with Crippen LogP contribution in [0.4, 0.5) is 22.0 Å². The lowest BCUT2D eigenvalue weighted by atomic mass is 10.1. The van der Waals surface area contributed by atoms with E-state index in [9.17, 15) is 22.0 Å². The third kappa shape index (κ3) is 1.93. The number of nitrogens with one attached hydrogen (secondary N) is 1. The smallest absolute Gasteiger partial charge is 0.200 e. The Bertz CT molecular complexity index is 677. The minimum absolute atomic E-state index is 0.0152. The minimum atomic E-state index is -2.21. The highest BCUT2D eigenvalue weighted by atomic mass is 32.1. The van der Waals surface area contributed by atoms with E-state index in [1.165, 1.54) is 0 Å². The second-order valence-electron chi connectivity index (χ2n) is 3.54. The Morgan fingerprint density at radius 3 is 1.95 bits per heavy atom. The van der Waals surface area contributed by atoms with Gasteiger partial charge >= 0.3 is 0 Å². The van der Waals surface area contributed by atoms with E-state index in [0.29, 0.717) is 0 Å². The van der Waals surface area contributed by atoms with Gasteiger partial charge in [0.1, 0.15) is 0 Å². The van der Waals surface area contributed by atoms with Crippen LogP contribution in [0.25, 0.3) is 11.4 Å². The van der Waals surface area contributed by atoms with Crippen molar-refractivity contribution in [3.05, 3.63) is 33.9 Å². The van der Waals surface area contributed by atoms with Gasteiger partial charge in [0.25, 0.3) is 0 Å². The van der Waals surface area contributed by atoms with Gasteiger partial charge in [0.05, 0.1) is 5.56 Å². The van der Waals surface area contributed by atoms with Crippen LogP contribution in [0.5, 0.6) is 0 Å². The van der Waals surface area contributed by atoms with Crippen molar-refractivity contribution in [1.29, 1.82) is 0 Å². The standard InChI is InChI=1S/C10H6F5N3S/c1-2-18-9(16-17-10(18)19)3-4(11)6(13)8(15)7(14)5(3)12/h2H2,1H3,(H,17,19). The van der Waals surface area contributed by atoms with Crippen LogP contribution in [0, 0.1) is 33.9 Å². The number of hydrogen-bond donors (Lipinski definition) is 1. The van der Waals surface area contributed by atoms with Crippen LogP contribution < -0.4 is 0 Å². The summed E-state index contributed by atoms with van der Waals surface area (Å²) in [7, 11) is 0. The molecule has 9 heteroatoms. The summed E-state index contributed by atoms with van der Waals surface area (Å²) in [4.78, 5) is 0. The third-order valence-electron chi connectivity index (χ3n) is 2.51. The molecule has 3 nitrogen and oxygen atoms in total. The first kappa shape index (κ1) is 13.7. The number of benzene rings is 1. The molecule has 0 saturated heterocycles. The number of rotatable bonds is 2. The van der Waals surface area contributed by atoms with Gasteiger partial charge in [-0.1, -0.05) is 0 Å². The fraction of sp³-hybridized carbons (Fsp3) is 0.200. The van der Waals surface area contributed by atoms with Crippen molar-refractivity contribution in [2.24, 2.45) is 0 Å². The fourth-order valence-corrected chi connectivity index (χ4v) is 1.86. The van der Waals surface area contributed by atoms with Crippen LogP contribution in [0.2, 0.25) is 0 Å². The van der Waals surface area contributed by atoms with Crippen LogP contribution in [-0.4, -0.2) is 14.8 Å². The minimum Gasteiger partial charge on any atom is -0.300 e. The molecule has 2 aromatic rings. The molecule has 102 valence electrons. The highest BCUT2D eigenvalue weighted by Crippen LogP contribution is 2.30. The van der Waals surface area contributed by atoms with Crippen LogP contribution in [-0.2, 0) is 6.54 Å². The largest absolute Gasteiger partial charge is 0.300 e. The lowest BCUT2D eigenvalue weighted by Gasteiger charge is -2.08. The van der Waals surface area contributed by atoms with Crippen LogP contribution >= 0.6 is 12.2 Å². The first-order valence-corrected chi connectivity index (χ1v) is 5.48. The Kier molecular flexibility index (Phi) is 3.40. The van der Waals surface area contributed by atoms with Crippen LogP contribution in [0.1, 0.15) is 6.92 Å². The Morgan fingerprint density at radius 2 is 1.47 bits per heavy atom. The molecule has 0 unspecified atom stereocenters. The topological polar surface area (TPSA) is 33.6 Å². The monoisotopic (exact) mass is 295 g/mol. The Morgan fingerprint density at radius 1 is 1.00 bits per heavy atom. The molecule has 1 N–H and O–H groups in total. The van der Waals surface area contributed by atoms with Gasteiger partial charge in [-0.15, -0.1) is 0 Å². The van der Waals surface area contributed by atoms with Crippen molar-refractivity contribution in [1.82, 2.24) is 14.8 Å². The van der Waals surface area contributed by atoms with E-state index in [2.05, 4.69) is 10.2 Å². The van der Waals surface area contributed by atoms with Gasteiger partial charge in [0, 0.05) is 6.54 Å². The van der Waals surface area contributed by atoms with E-state index in [1.807, 2.05) is 0 Å². The summed E-state index contributed by atoms with van der Waals surface area (Å²) in [5.41, 5.74) is -1.11. The van der Waals surface area contributed by atoms with Crippen molar-refractivity contribution in [2.75, 3.05) is 0 Å². The van der Waals surface area contributed by atoms with E-state index in [0.717, 1.165) is 4.57 Å². The van der Waals surface area contributed by atoms with Crippen LogP contribution in [0.3, 0.4) is 0 Å². The molecule has 0 amide bonds. The number of halogens is 5.